The number of nitrogens with one attached hydrogen (secondary N) is 1. The zero-order valence-corrected chi connectivity index (χ0v) is 16.6. The standard InChI is InChI=1S/C23H22N4O2/c1-15(2)29-21-8-6-16(7-9-21)23(28)26-22-11-19-10-17(4-5-18(19)12-24-22)20-13-25-27(3)14-20/h4-15H,1-3H3,(H,24,26,28). The highest BCUT2D eigenvalue weighted by Gasteiger charge is 2.09. The van der Waals surface area contributed by atoms with Crippen LogP contribution in [0, 0.1) is 0 Å². The maximum atomic E-state index is 12.6. The Morgan fingerprint density at radius 3 is 2.48 bits per heavy atom. The topological polar surface area (TPSA) is 69.0 Å². The summed E-state index contributed by atoms with van der Waals surface area (Å²) >= 11 is 0. The molecule has 0 radical (unpaired) electrons. The fourth-order valence-electron chi connectivity index (χ4n) is 3.10. The van der Waals surface area contributed by atoms with Crippen molar-refractivity contribution in [2.24, 2.45) is 7.05 Å². The van der Waals surface area contributed by atoms with E-state index in [1.807, 2.05) is 51.5 Å². The number of amides is 1. The molecule has 2 aromatic carbocycles. The molecule has 0 saturated heterocycles. The number of fused-ring (bicyclic) bond motifs is 1. The van der Waals surface area contributed by atoms with E-state index in [2.05, 4.69) is 21.5 Å². The molecule has 0 bridgehead atoms. The summed E-state index contributed by atoms with van der Waals surface area (Å²) in [7, 11) is 1.89. The second-order valence-electron chi connectivity index (χ2n) is 7.18. The van der Waals surface area contributed by atoms with Crippen molar-refractivity contribution >= 4 is 22.5 Å². The van der Waals surface area contributed by atoms with Crippen LogP contribution in [0.4, 0.5) is 5.82 Å². The second-order valence-corrected chi connectivity index (χ2v) is 7.18. The zero-order valence-electron chi connectivity index (χ0n) is 16.6. The van der Waals surface area contributed by atoms with E-state index in [0.29, 0.717) is 11.4 Å². The first-order valence-corrected chi connectivity index (χ1v) is 9.45. The van der Waals surface area contributed by atoms with Crippen LogP contribution in [0.25, 0.3) is 21.9 Å². The third kappa shape index (κ3) is 4.27. The maximum absolute atomic E-state index is 12.6. The monoisotopic (exact) mass is 386 g/mol. The van der Waals surface area contributed by atoms with Crippen molar-refractivity contribution < 1.29 is 9.53 Å². The lowest BCUT2D eigenvalue weighted by atomic mass is 10.1. The van der Waals surface area contributed by atoms with Crippen LogP contribution in [0.3, 0.4) is 0 Å². The number of nitrogens with zero attached hydrogens (tertiary/aromatic N) is 3. The van der Waals surface area contributed by atoms with Crippen LogP contribution in [-0.4, -0.2) is 26.8 Å². The molecule has 0 atom stereocenters. The number of benzene rings is 2. The summed E-state index contributed by atoms with van der Waals surface area (Å²) in [5, 5.41) is 9.09. The van der Waals surface area contributed by atoms with E-state index in [1.54, 1.807) is 35.1 Å². The largest absolute Gasteiger partial charge is 0.491 e. The van der Waals surface area contributed by atoms with Gasteiger partial charge >= 0.3 is 0 Å². The van der Waals surface area contributed by atoms with Gasteiger partial charge < -0.3 is 10.1 Å². The number of hydrogen-bond acceptors (Lipinski definition) is 4. The Morgan fingerprint density at radius 2 is 1.79 bits per heavy atom. The molecule has 29 heavy (non-hydrogen) atoms. The lowest BCUT2D eigenvalue weighted by molar-refractivity contribution is 0.102. The molecule has 4 aromatic rings. The number of pyridine rings is 1. The van der Waals surface area contributed by atoms with Crippen LogP contribution >= 0.6 is 0 Å². The van der Waals surface area contributed by atoms with Crippen molar-refractivity contribution in [2.75, 3.05) is 5.32 Å². The smallest absolute Gasteiger partial charge is 0.256 e. The molecule has 0 aliphatic heterocycles. The van der Waals surface area contributed by atoms with Gasteiger partial charge in [0.2, 0.25) is 0 Å². The summed E-state index contributed by atoms with van der Waals surface area (Å²) in [6, 6.07) is 15.1. The molecule has 2 aromatic heterocycles. The summed E-state index contributed by atoms with van der Waals surface area (Å²) in [6.45, 7) is 3.93. The number of rotatable bonds is 5. The second kappa shape index (κ2) is 7.75. The quantitative estimate of drug-likeness (QED) is 0.541. The molecule has 0 aliphatic rings. The Morgan fingerprint density at radius 1 is 1.00 bits per heavy atom. The van der Waals surface area contributed by atoms with Crippen LogP contribution in [0.1, 0.15) is 24.2 Å². The van der Waals surface area contributed by atoms with Crippen molar-refractivity contribution in [2.45, 2.75) is 20.0 Å². The van der Waals surface area contributed by atoms with Gasteiger partial charge in [-0.15, -0.1) is 0 Å². The molecule has 1 amide bonds. The Kier molecular flexibility index (Phi) is 4.99. The van der Waals surface area contributed by atoms with E-state index in [1.165, 1.54) is 0 Å². The molecule has 1 N–H and O–H groups in total. The van der Waals surface area contributed by atoms with Gasteiger partial charge in [-0.05, 0) is 61.2 Å². The van der Waals surface area contributed by atoms with E-state index < -0.39 is 0 Å². The van der Waals surface area contributed by atoms with Crippen LogP contribution in [0.2, 0.25) is 0 Å². The van der Waals surface area contributed by atoms with Gasteiger partial charge in [-0.25, -0.2) is 4.98 Å². The van der Waals surface area contributed by atoms with E-state index in [4.69, 9.17) is 4.74 Å². The average Bonchev–Trinajstić information content (AvgIpc) is 3.14. The first kappa shape index (κ1) is 18.7. The molecule has 6 heteroatoms. The summed E-state index contributed by atoms with van der Waals surface area (Å²) in [6.07, 6.45) is 5.65. The Hall–Kier alpha value is -3.67. The lowest BCUT2D eigenvalue weighted by Crippen LogP contribution is -2.13. The highest BCUT2D eigenvalue weighted by atomic mass is 16.5. The fraction of sp³-hybridized carbons (Fsp3) is 0.174. The number of hydrogen-bond donors (Lipinski definition) is 1. The van der Waals surface area contributed by atoms with Crippen molar-refractivity contribution in [1.29, 1.82) is 0 Å². The summed E-state index contributed by atoms with van der Waals surface area (Å²) in [4.78, 5) is 16.9. The normalized spacial score (nSPS) is 11.0. The number of aromatic nitrogens is 3. The van der Waals surface area contributed by atoms with E-state index in [9.17, 15) is 4.79 Å². The first-order valence-electron chi connectivity index (χ1n) is 9.45. The molecule has 0 spiro atoms. The van der Waals surface area contributed by atoms with Gasteiger partial charge in [0.05, 0.1) is 12.3 Å². The predicted molar refractivity (Wildman–Crippen MR) is 114 cm³/mol. The summed E-state index contributed by atoms with van der Waals surface area (Å²) < 4.78 is 7.39. The molecule has 0 aliphatic carbocycles. The number of aryl methyl sites for hydroxylation is 1. The summed E-state index contributed by atoms with van der Waals surface area (Å²) in [5.41, 5.74) is 2.66. The molecular formula is C23H22N4O2. The molecule has 0 unspecified atom stereocenters. The van der Waals surface area contributed by atoms with Gasteiger partial charge in [-0.2, -0.15) is 5.10 Å². The van der Waals surface area contributed by atoms with E-state index in [-0.39, 0.29) is 12.0 Å². The van der Waals surface area contributed by atoms with E-state index in [0.717, 1.165) is 27.6 Å². The van der Waals surface area contributed by atoms with Crippen LogP contribution < -0.4 is 10.1 Å². The average molecular weight is 386 g/mol. The number of ether oxygens (including phenoxy) is 1. The van der Waals surface area contributed by atoms with Crippen molar-refractivity contribution in [3.8, 4) is 16.9 Å². The van der Waals surface area contributed by atoms with Crippen LogP contribution in [0.15, 0.2) is 67.1 Å². The third-order valence-electron chi connectivity index (χ3n) is 4.49. The van der Waals surface area contributed by atoms with Gasteiger partial charge in [0.25, 0.3) is 5.91 Å². The van der Waals surface area contributed by atoms with Crippen molar-refractivity contribution in [3.63, 3.8) is 0 Å². The Bertz CT molecular complexity index is 1160. The highest BCUT2D eigenvalue weighted by Crippen LogP contribution is 2.25. The highest BCUT2D eigenvalue weighted by molar-refractivity contribution is 6.04. The minimum absolute atomic E-state index is 0.0908. The maximum Gasteiger partial charge on any atom is 0.256 e. The lowest BCUT2D eigenvalue weighted by Gasteiger charge is -2.10. The third-order valence-corrected chi connectivity index (χ3v) is 4.49. The SMILES string of the molecule is CC(C)Oc1ccc(C(=O)Nc2cc3cc(-c4cnn(C)c4)ccc3cn2)cc1. The minimum atomic E-state index is -0.212. The van der Waals surface area contributed by atoms with Gasteiger partial charge in [-0.1, -0.05) is 12.1 Å². The van der Waals surface area contributed by atoms with Gasteiger partial charge in [0.1, 0.15) is 11.6 Å². The number of carbonyl (C=O) groups excluding carboxylic acids is 1. The zero-order chi connectivity index (χ0) is 20.4. The molecule has 6 nitrogen and oxygen atoms in total. The van der Waals surface area contributed by atoms with Gasteiger partial charge in [-0.3, -0.25) is 9.48 Å². The van der Waals surface area contributed by atoms with Crippen LogP contribution in [-0.2, 0) is 7.05 Å². The predicted octanol–water partition coefficient (Wildman–Crippen LogP) is 4.67. The Labute approximate surface area is 169 Å². The van der Waals surface area contributed by atoms with Crippen LogP contribution in [0.5, 0.6) is 5.75 Å². The molecule has 0 saturated carbocycles. The molecule has 4 rings (SSSR count). The van der Waals surface area contributed by atoms with E-state index >= 15 is 0 Å². The molecule has 2 heterocycles. The number of anilines is 1. The van der Waals surface area contributed by atoms with Crippen molar-refractivity contribution in [1.82, 2.24) is 14.8 Å². The minimum Gasteiger partial charge on any atom is -0.491 e. The first-order chi connectivity index (χ1) is 14.0. The molecule has 146 valence electrons. The fourth-order valence-corrected chi connectivity index (χ4v) is 3.10. The van der Waals surface area contributed by atoms with Gasteiger partial charge in [0.15, 0.2) is 0 Å². The molecular weight excluding hydrogens is 364 g/mol. The van der Waals surface area contributed by atoms with Gasteiger partial charge in [0, 0.05) is 36.0 Å². The molecule has 0 fully saturated rings. The number of carbonyl (C=O) groups is 1. The summed E-state index contributed by atoms with van der Waals surface area (Å²) in [5.74, 6) is 1.04. The Balaban J connectivity index is 1.55. The van der Waals surface area contributed by atoms with Crippen molar-refractivity contribution in [3.05, 3.63) is 72.7 Å².